The zero-order valence-electron chi connectivity index (χ0n) is 21.8. The van der Waals surface area contributed by atoms with E-state index in [1.54, 1.807) is 16.7 Å². The van der Waals surface area contributed by atoms with Gasteiger partial charge in [0.2, 0.25) is 0 Å². The second-order valence-corrected chi connectivity index (χ2v) is 8.19. The Kier molecular flexibility index (Phi) is 20.1. The summed E-state index contributed by atoms with van der Waals surface area (Å²) in [5.74, 6) is 0.735. The van der Waals surface area contributed by atoms with Gasteiger partial charge in [-0.25, -0.2) is 12.1 Å². The average molecular weight is 586 g/mol. The van der Waals surface area contributed by atoms with Crippen LogP contribution in [0.4, 0.5) is 0 Å². The zero-order chi connectivity index (χ0) is 17.9. The van der Waals surface area contributed by atoms with E-state index >= 15 is 0 Å². The standard InChI is InChI=1S/C20H27.C5H5.5CH3.Hf/c1-5-20(6-2)12-17-10-16-8-7-15(9-14(3)4)19(16)11-18(17)13-20;1-2-4-5-3-1;;;;;;/h7-8,10-11,14H,5-6,9,12-13H2,1-4H3;1-5H;5*1H3;/q7*-1;. The first kappa shape index (κ1) is 37.4. The van der Waals surface area contributed by atoms with E-state index in [2.05, 4.69) is 52.0 Å². The van der Waals surface area contributed by atoms with Gasteiger partial charge in [0.25, 0.3) is 0 Å². The molecule has 31 heavy (non-hydrogen) atoms. The Balaban J connectivity index is -0.000000296. The largest absolute Gasteiger partial charge is 0.358 e. The first-order valence-electron chi connectivity index (χ1n) is 9.93. The predicted octanol–water partition coefficient (Wildman–Crippen LogP) is 9.32. The second-order valence-electron chi connectivity index (χ2n) is 8.19. The number of hydrogen-bond donors (Lipinski definition) is 0. The molecule has 0 nitrogen and oxygen atoms in total. The quantitative estimate of drug-likeness (QED) is 0.211. The Labute approximate surface area is 215 Å². The normalized spacial score (nSPS) is 12.3. The third kappa shape index (κ3) is 8.83. The van der Waals surface area contributed by atoms with Crippen molar-refractivity contribution in [2.75, 3.05) is 0 Å². The molecule has 0 aliphatic heterocycles. The number of benzene rings is 1. The molecule has 0 saturated carbocycles. The first-order valence-corrected chi connectivity index (χ1v) is 9.93. The molecule has 0 heterocycles. The molecule has 0 N–H and O–H groups in total. The van der Waals surface area contributed by atoms with Crippen molar-refractivity contribution in [3.8, 4) is 0 Å². The van der Waals surface area contributed by atoms with Crippen LogP contribution in [0.15, 0.2) is 54.6 Å². The van der Waals surface area contributed by atoms with Gasteiger partial charge in [-0.1, -0.05) is 51.2 Å². The van der Waals surface area contributed by atoms with E-state index in [1.807, 2.05) is 30.3 Å². The van der Waals surface area contributed by atoms with Gasteiger partial charge in [-0.2, -0.15) is 24.3 Å². The van der Waals surface area contributed by atoms with Crippen LogP contribution >= 0.6 is 0 Å². The molecule has 0 unspecified atom stereocenters. The van der Waals surface area contributed by atoms with E-state index in [9.17, 15) is 0 Å². The minimum Gasteiger partial charge on any atom is -0.358 e. The van der Waals surface area contributed by atoms with Crippen LogP contribution in [0.25, 0.3) is 10.8 Å². The van der Waals surface area contributed by atoms with Gasteiger partial charge in [0.15, 0.2) is 0 Å². The van der Waals surface area contributed by atoms with Crippen molar-refractivity contribution in [3.05, 3.63) is 108 Å². The summed E-state index contributed by atoms with van der Waals surface area (Å²) in [5, 5.41) is 2.97. The Morgan fingerprint density at radius 1 is 0.903 bits per heavy atom. The van der Waals surface area contributed by atoms with Crippen LogP contribution in [0.3, 0.4) is 0 Å². The molecule has 1 aliphatic rings. The summed E-state index contributed by atoms with van der Waals surface area (Å²) in [6.07, 6.45) is 6.39. The van der Waals surface area contributed by atoms with E-state index in [0.29, 0.717) is 5.41 Å². The van der Waals surface area contributed by atoms with Gasteiger partial charge in [-0.15, -0.1) is 34.5 Å². The van der Waals surface area contributed by atoms with Gasteiger partial charge in [0.1, 0.15) is 0 Å². The Morgan fingerprint density at radius 3 is 1.84 bits per heavy atom. The van der Waals surface area contributed by atoms with Crippen molar-refractivity contribution in [3.63, 3.8) is 0 Å². The maximum atomic E-state index is 2.51. The molecular weight excluding hydrogens is 539 g/mol. The Morgan fingerprint density at radius 2 is 1.42 bits per heavy atom. The van der Waals surface area contributed by atoms with Crippen molar-refractivity contribution in [2.45, 2.75) is 59.8 Å². The molecule has 0 aromatic heterocycles. The van der Waals surface area contributed by atoms with E-state index in [1.165, 1.54) is 42.9 Å². The van der Waals surface area contributed by atoms with Gasteiger partial charge < -0.3 is 37.1 Å². The molecule has 1 heteroatoms. The molecule has 0 bridgehead atoms. The van der Waals surface area contributed by atoms with Gasteiger partial charge in [-0.3, -0.25) is 0 Å². The maximum Gasteiger partial charge on any atom is 0 e. The smallest absolute Gasteiger partial charge is 0 e. The Hall–Kier alpha value is -0.950. The molecule has 0 saturated heterocycles. The van der Waals surface area contributed by atoms with Crippen molar-refractivity contribution in [2.24, 2.45) is 11.3 Å². The fourth-order valence-electron chi connectivity index (χ4n) is 4.29. The van der Waals surface area contributed by atoms with E-state index in [4.69, 9.17) is 0 Å². The van der Waals surface area contributed by atoms with Gasteiger partial charge >= 0.3 is 0 Å². The summed E-state index contributed by atoms with van der Waals surface area (Å²) < 4.78 is 0. The van der Waals surface area contributed by atoms with Crippen LogP contribution in [0, 0.1) is 48.5 Å². The number of fused-ring (bicyclic) bond motifs is 2. The molecule has 178 valence electrons. The molecule has 3 aromatic rings. The van der Waals surface area contributed by atoms with E-state index < -0.39 is 0 Å². The van der Waals surface area contributed by atoms with Gasteiger partial charge in [-0.05, 0) is 31.1 Å². The summed E-state index contributed by atoms with van der Waals surface area (Å²) in [5.41, 5.74) is 5.32. The molecular formula is C30H47Hf-7. The molecule has 0 radical (unpaired) electrons. The van der Waals surface area contributed by atoms with Crippen LogP contribution in [0.1, 0.15) is 57.2 Å². The minimum absolute atomic E-state index is 0. The van der Waals surface area contributed by atoms with Crippen molar-refractivity contribution in [1.82, 2.24) is 0 Å². The van der Waals surface area contributed by atoms with Crippen molar-refractivity contribution >= 4 is 10.8 Å². The summed E-state index contributed by atoms with van der Waals surface area (Å²) in [6, 6.07) is 19.6. The van der Waals surface area contributed by atoms with E-state index in [0.717, 1.165) is 5.92 Å². The molecule has 1 aliphatic carbocycles. The molecule has 0 amide bonds. The monoisotopic (exact) mass is 587 g/mol. The summed E-state index contributed by atoms with van der Waals surface area (Å²) in [7, 11) is 0. The third-order valence-electron chi connectivity index (χ3n) is 6.00. The fraction of sp³-hybridized carbons (Fsp3) is 0.367. The number of rotatable bonds is 4. The molecule has 0 atom stereocenters. The molecule has 4 rings (SSSR count). The van der Waals surface area contributed by atoms with Gasteiger partial charge in [0.05, 0.1) is 0 Å². The second kappa shape index (κ2) is 16.7. The SMILES string of the molecule is CCC1(CC)Cc2cc3cc[c-](CC(C)C)c3cc2C1.[CH3-].[CH3-].[CH3-].[CH3-].[CH3-].[Hf].c1cc[cH-]c1. The van der Waals surface area contributed by atoms with Crippen LogP contribution in [-0.4, -0.2) is 0 Å². The zero-order valence-corrected chi connectivity index (χ0v) is 25.4. The summed E-state index contributed by atoms with van der Waals surface area (Å²) >= 11 is 0. The van der Waals surface area contributed by atoms with Crippen molar-refractivity contribution in [1.29, 1.82) is 0 Å². The molecule has 0 fully saturated rings. The van der Waals surface area contributed by atoms with Gasteiger partial charge in [0, 0.05) is 25.8 Å². The first-order chi connectivity index (χ1) is 12.1. The topological polar surface area (TPSA) is 0 Å². The van der Waals surface area contributed by atoms with E-state index in [-0.39, 0.29) is 63.0 Å². The summed E-state index contributed by atoms with van der Waals surface area (Å²) in [6.45, 7) is 9.34. The predicted molar refractivity (Wildman–Crippen MR) is 143 cm³/mol. The van der Waals surface area contributed by atoms with Crippen LogP contribution in [0.2, 0.25) is 0 Å². The van der Waals surface area contributed by atoms with Crippen LogP contribution in [-0.2, 0) is 45.1 Å². The summed E-state index contributed by atoms with van der Waals surface area (Å²) in [4.78, 5) is 0. The fourth-order valence-corrected chi connectivity index (χ4v) is 4.29. The maximum absolute atomic E-state index is 2.51. The minimum atomic E-state index is 0. The number of hydrogen-bond acceptors (Lipinski definition) is 0. The average Bonchev–Trinajstić information content (AvgIpc) is 3.34. The molecule has 0 spiro atoms. The van der Waals surface area contributed by atoms with Crippen molar-refractivity contribution < 1.29 is 25.8 Å². The van der Waals surface area contributed by atoms with Crippen LogP contribution in [0.5, 0.6) is 0 Å². The molecule has 3 aromatic carbocycles. The van der Waals surface area contributed by atoms with Crippen LogP contribution < -0.4 is 0 Å². The Bertz CT molecular complexity index is 768. The third-order valence-corrected chi connectivity index (χ3v) is 6.00.